The summed E-state index contributed by atoms with van der Waals surface area (Å²) < 4.78 is 5.17. The molecule has 1 N–H and O–H groups in total. The molecule has 3 nitrogen and oxygen atoms in total. The van der Waals surface area contributed by atoms with E-state index in [-0.39, 0.29) is 0 Å². The predicted molar refractivity (Wildman–Crippen MR) is 88.2 cm³/mol. The monoisotopic (exact) mass is 292 g/mol. The molecule has 2 rings (SSSR count). The summed E-state index contributed by atoms with van der Waals surface area (Å²) >= 11 is 0. The van der Waals surface area contributed by atoms with Crippen LogP contribution in [0.3, 0.4) is 0 Å². The molecule has 1 heterocycles. The zero-order valence-electron chi connectivity index (χ0n) is 14.2. The van der Waals surface area contributed by atoms with Gasteiger partial charge >= 0.3 is 0 Å². The minimum atomic E-state index is 0.411. The van der Waals surface area contributed by atoms with Gasteiger partial charge in [0.1, 0.15) is 0 Å². The number of hydrogen-bond donors (Lipinski definition) is 1. The molecule has 1 aliphatic rings. The van der Waals surface area contributed by atoms with Gasteiger partial charge in [0.25, 0.3) is 0 Å². The predicted octanol–water partition coefficient (Wildman–Crippen LogP) is 3.91. The van der Waals surface area contributed by atoms with Crippen LogP contribution in [-0.2, 0) is 6.54 Å². The van der Waals surface area contributed by atoms with E-state index in [1.807, 2.05) is 6.26 Å². The number of furan rings is 1. The van der Waals surface area contributed by atoms with Crippen LogP contribution >= 0.6 is 0 Å². The summed E-state index contributed by atoms with van der Waals surface area (Å²) in [6.07, 6.45) is 8.88. The van der Waals surface area contributed by atoms with E-state index in [1.54, 1.807) is 6.26 Å². The van der Waals surface area contributed by atoms with Crippen LogP contribution < -0.4 is 5.32 Å². The molecule has 1 saturated carbocycles. The van der Waals surface area contributed by atoms with Crippen molar-refractivity contribution in [2.24, 2.45) is 11.3 Å². The third-order valence-electron chi connectivity index (χ3n) is 4.90. The Balaban J connectivity index is 1.94. The van der Waals surface area contributed by atoms with Crippen LogP contribution in [0.4, 0.5) is 0 Å². The van der Waals surface area contributed by atoms with E-state index in [9.17, 15) is 0 Å². The Labute approximate surface area is 130 Å². The molecule has 1 fully saturated rings. The first-order valence-electron chi connectivity index (χ1n) is 8.46. The Kier molecular flexibility index (Phi) is 5.88. The van der Waals surface area contributed by atoms with E-state index in [1.165, 1.54) is 31.2 Å². The Morgan fingerprint density at radius 1 is 1.43 bits per heavy atom. The fourth-order valence-electron chi connectivity index (χ4n) is 3.88. The Morgan fingerprint density at radius 3 is 2.90 bits per heavy atom. The molecule has 0 aromatic carbocycles. The molecule has 0 aliphatic heterocycles. The van der Waals surface area contributed by atoms with Crippen LogP contribution in [0.1, 0.15) is 52.0 Å². The number of nitrogens with one attached hydrogen (secondary N) is 1. The maximum absolute atomic E-state index is 5.17. The first kappa shape index (κ1) is 16.6. The van der Waals surface area contributed by atoms with Crippen molar-refractivity contribution in [2.45, 2.75) is 59.0 Å². The molecule has 2 atom stereocenters. The fraction of sp³-hybridized carbons (Fsp3) is 0.778. The maximum Gasteiger partial charge on any atom is 0.0947 e. The Morgan fingerprint density at radius 2 is 2.24 bits per heavy atom. The quantitative estimate of drug-likeness (QED) is 0.826. The molecule has 2 unspecified atom stereocenters. The Hall–Kier alpha value is -0.800. The summed E-state index contributed by atoms with van der Waals surface area (Å²) in [5, 5.41) is 3.83. The van der Waals surface area contributed by atoms with E-state index < -0.39 is 0 Å². The van der Waals surface area contributed by atoms with Gasteiger partial charge in [-0.1, -0.05) is 27.2 Å². The van der Waals surface area contributed by atoms with Crippen LogP contribution in [0.5, 0.6) is 0 Å². The zero-order valence-corrected chi connectivity index (χ0v) is 14.2. The summed E-state index contributed by atoms with van der Waals surface area (Å²) in [4.78, 5) is 2.44. The van der Waals surface area contributed by atoms with Gasteiger partial charge in [-0.05, 0) is 50.3 Å². The van der Waals surface area contributed by atoms with Gasteiger partial charge in [-0.3, -0.25) is 0 Å². The number of nitrogens with zero attached hydrogens (tertiary/aromatic N) is 1. The summed E-state index contributed by atoms with van der Waals surface area (Å²) in [6.45, 7) is 10.4. The van der Waals surface area contributed by atoms with Crippen molar-refractivity contribution in [1.29, 1.82) is 0 Å². The second-order valence-electron chi connectivity index (χ2n) is 7.40. The fourth-order valence-corrected chi connectivity index (χ4v) is 3.88. The van der Waals surface area contributed by atoms with Gasteiger partial charge in [-0.2, -0.15) is 0 Å². The van der Waals surface area contributed by atoms with Crippen molar-refractivity contribution >= 4 is 0 Å². The van der Waals surface area contributed by atoms with Crippen LogP contribution in [0.15, 0.2) is 23.0 Å². The van der Waals surface area contributed by atoms with E-state index >= 15 is 0 Å². The second kappa shape index (κ2) is 7.46. The number of rotatable bonds is 7. The largest absolute Gasteiger partial charge is 0.472 e. The minimum Gasteiger partial charge on any atom is -0.472 e. The molecule has 0 radical (unpaired) electrons. The lowest BCUT2D eigenvalue weighted by Crippen LogP contribution is -2.52. The lowest BCUT2D eigenvalue weighted by Gasteiger charge is -2.46. The van der Waals surface area contributed by atoms with Gasteiger partial charge < -0.3 is 14.6 Å². The van der Waals surface area contributed by atoms with Gasteiger partial charge in [-0.25, -0.2) is 0 Å². The SMILES string of the molecule is CCCNC1C(CN(C)Cc2ccoc2)CCCC1(C)C. The summed E-state index contributed by atoms with van der Waals surface area (Å²) in [6, 6.07) is 2.70. The van der Waals surface area contributed by atoms with Gasteiger partial charge in [0, 0.05) is 24.7 Å². The lowest BCUT2D eigenvalue weighted by molar-refractivity contribution is 0.0837. The molecule has 0 spiro atoms. The third kappa shape index (κ3) is 4.58. The molecule has 21 heavy (non-hydrogen) atoms. The average Bonchev–Trinajstić information content (AvgIpc) is 2.90. The summed E-state index contributed by atoms with van der Waals surface area (Å²) in [5.41, 5.74) is 1.68. The minimum absolute atomic E-state index is 0.411. The topological polar surface area (TPSA) is 28.4 Å². The zero-order chi connectivity index (χ0) is 15.3. The molecule has 1 aliphatic carbocycles. The van der Waals surface area contributed by atoms with Crippen molar-refractivity contribution in [3.63, 3.8) is 0 Å². The highest BCUT2D eigenvalue weighted by Crippen LogP contribution is 2.39. The van der Waals surface area contributed by atoms with Crippen LogP contribution in [0, 0.1) is 11.3 Å². The molecule has 3 heteroatoms. The highest BCUT2D eigenvalue weighted by Gasteiger charge is 2.38. The van der Waals surface area contributed by atoms with Crippen molar-refractivity contribution in [1.82, 2.24) is 10.2 Å². The maximum atomic E-state index is 5.17. The van der Waals surface area contributed by atoms with E-state index in [4.69, 9.17) is 4.42 Å². The summed E-state index contributed by atoms with van der Waals surface area (Å²) in [5.74, 6) is 0.747. The molecular weight excluding hydrogens is 260 g/mol. The standard InChI is InChI=1S/C18H32N2O/c1-5-10-19-17-16(7-6-9-18(17,2)3)13-20(4)12-15-8-11-21-14-15/h8,11,14,16-17,19H,5-7,9-10,12-13H2,1-4H3. The third-order valence-corrected chi connectivity index (χ3v) is 4.90. The molecule has 1 aromatic rings. The Bertz CT molecular complexity index is 399. The van der Waals surface area contributed by atoms with Crippen molar-refractivity contribution in [2.75, 3.05) is 20.1 Å². The highest BCUT2D eigenvalue weighted by atomic mass is 16.3. The molecular formula is C18H32N2O. The van der Waals surface area contributed by atoms with Gasteiger partial charge in [0.05, 0.1) is 12.5 Å². The first-order valence-corrected chi connectivity index (χ1v) is 8.46. The molecule has 0 saturated heterocycles. The van der Waals surface area contributed by atoms with Crippen LogP contribution in [0.2, 0.25) is 0 Å². The highest BCUT2D eigenvalue weighted by molar-refractivity contribution is 5.05. The first-order chi connectivity index (χ1) is 10.0. The van der Waals surface area contributed by atoms with E-state index in [0.717, 1.165) is 25.6 Å². The van der Waals surface area contributed by atoms with Crippen LogP contribution in [0.25, 0.3) is 0 Å². The van der Waals surface area contributed by atoms with E-state index in [2.05, 4.69) is 44.1 Å². The van der Waals surface area contributed by atoms with Gasteiger partial charge in [0.2, 0.25) is 0 Å². The molecule has 0 amide bonds. The van der Waals surface area contributed by atoms with Crippen molar-refractivity contribution < 1.29 is 4.42 Å². The molecule has 0 bridgehead atoms. The smallest absolute Gasteiger partial charge is 0.0947 e. The van der Waals surface area contributed by atoms with E-state index in [0.29, 0.717) is 11.5 Å². The summed E-state index contributed by atoms with van der Waals surface area (Å²) in [7, 11) is 2.23. The van der Waals surface area contributed by atoms with Crippen LogP contribution in [-0.4, -0.2) is 31.1 Å². The van der Waals surface area contributed by atoms with Crippen molar-refractivity contribution in [3.8, 4) is 0 Å². The molecule has 120 valence electrons. The number of hydrogen-bond acceptors (Lipinski definition) is 3. The van der Waals surface area contributed by atoms with Gasteiger partial charge in [-0.15, -0.1) is 0 Å². The van der Waals surface area contributed by atoms with Gasteiger partial charge in [0.15, 0.2) is 0 Å². The normalized spacial score (nSPS) is 25.4. The average molecular weight is 292 g/mol. The molecule has 1 aromatic heterocycles. The second-order valence-corrected chi connectivity index (χ2v) is 7.40. The van der Waals surface area contributed by atoms with Crippen molar-refractivity contribution in [3.05, 3.63) is 24.2 Å². The lowest BCUT2D eigenvalue weighted by atomic mass is 9.67.